The average molecular weight is 335 g/mol. The van der Waals surface area contributed by atoms with Gasteiger partial charge in [0, 0.05) is 35.2 Å². The summed E-state index contributed by atoms with van der Waals surface area (Å²) in [6.07, 6.45) is 4.85. The highest BCUT2D eigenvalue weighted by molar-refractivity contribution is 8.06. The van der Waals surface area contributed by atoms with Crippen molar-refractivity contribution in [2.24, 2.45) is 11.8 Å². The smallest absolute Gasteiger partial charge is 0.0701 e. The second-order valence-electron chi connectivity index (χ2n) is 6.07. The van der Waals surface area contributed by atoms with Crippen molar-refractivity contribution in [1.29, 1.82) is 0 Å². The van der Waals surface area contributed by atoms with Gasteiger partial charge in [0.2, 0.25) is 0 Å². The Morgan fingerprint density at radius 1 is 1.15 bits per heavy atom. The van der Waals surface area contributed by atoms with Crippen LogP contribution in [-0.4, -0.2) is 52.3 Å². The third-order valence-corrected chi connectivity index (χ3v) is 8.75. The lowest BCUT2D eigenvalue weighted by Gasteiger charge is -2.46. The molecule has 0 aromatic heterocycles. The number of hydrogen-bond donors (Lipinski definition) is 2. The van der Waals surface area contributed by atoms with E-state index in [9.17, 15) is 0 Å². The molecule has 0 aromatic carbocycles. The first kappa shape index (κ1) is 15.8. The summed E-state index contributed by atoms with van der Waals surface area (Å²) in [6.45, 7) is 0.929. The maximum atomic E-state index is 6.22. The first-order valence-electron chi connectivity index (χ1n) is 7.70. The molecule has 0 aromatic rings. The van der Waals surface area contributed by atoms with Crippen LogP contribution in [0.3, 0.4) is 0 Å². The second-order valence-corrected chi connectivity index (χ2v) is 9.79. The first-order valence-corrected chi connectivity index (χ1v) is 11.1. The van der Waals surface area contributed by atoms with E-state index in [0.29, 0.717) is 17.2 Å². The van der Waals surface area contributed by atoms with Gasteiger partial charge in [-0.3, -0.25) is 11.3 Å². The van der Waals surface area contributed by atoms with Crippen LogP contribution >= 0.6 is 35.3 Å². The predicted octanol–water partition coefficient (Wildman–Crippen LogP) is 2.36. The molecule has 3 nitrogen and oxygen atoms in total. The molecule has 0 radical (unpaired) electrons. The molecule has 3 aliphatic rings. The Bertz CT molecular complexity index is 301. The molecular formula is C14H26N2OS3. The highest BCUT2D eigenvalue weighted by Crippen LogP contribution is 2.42. The van der Waals surface area contributed by atoms with Gasteiger partial charge in [-0.1, -0.05) is 0 Å². The van der Waals surface area contributed by atoms with E-state index in [-0.39, 0.29) is 5.60 Å². The quantitative estimate of drug-likeness (QED) is 0.610. The maximum Gasteiger partial charge on any atom is 0.0701 e. The molecule has 3 atom stereocenters. The van der Waals surface area contributed by atoms with E-state index >= 15 is 0 Å². The molecule has 0 amide bonds. The number of ether oxygens (including phenoxy) is 1. The minimum absolute atomic E-state index is 0.176. The SMILES string of the molecule is NNC(C1CCOC2(CCSCC2)C1)C1CSCCS1. The molecule has 116 valence electrons. The fraction of sp³-hybridized carbons (Fsp3) is 1.00. The van der Waals surface area contributed by atoms with Crippen LogP contribution in [0.4, 0.5) is 0 Å². The molecule has 20 heavy (non-hydrogen) atoms. The number of rotatable bonds is 3. The molecule has 3 heterocycles. The van der Waals surface area contributed by atoms with Crippen molar-refractivity contribution in [3.05, 3.63) is 0 Å². The molecule has 6 heteroatoms. The van der Waals surface area contributed by atoms with Crippen LogP contribution in [0.15, 0.2) is 0 Å². The zero-order valence-electron chi connectivity index (χ0n) is 12.0. The second kappa shape index (κ2) is 7.47. The van der Waals surface area contributed by atoms with Crippen molar-refractivity contribution >= 4 is 35.3 Å². The van der Waals surface area contributed by atoms with E-state index in [0.717, 1.165) is 6.61 Å². The first-order chi connectivity index (χ1) is 9.83. The van der Waals surface area contributed by atoms with Crippen LogP contribution < -0.4 is 11.3 Å². The van der Waals surface area contributed by atoms with Crippen molar-refractivity contribution < 1.29 is 4.74 Å². The summed E-state index contributed by atoms with van der Waals surface area (Å²) in [7, 11) is 0. The molecule has 3 unspecified atom stereocenters. The number of hydrazine groups is 1. The summed E-state index contributed by atoms with van der Waals surface area (Å²) in [5.74, 6) is 13.0. The lowest BCUT2D eigenvalue weighted by Crippen LogP contribution is -2.54. The molecule has 3 rings (SSSR count). The molecule has 0 saturated carbocycles. The lowest BCUT2D eigenvalue weighted by molar-refractivity contribution is -0.107. The fourth-order valence-corrected chi connectivity index (χ4v) is 7.91. The van der Waals surface area contributed by atoms with Gasteiger partial charge < -0.3 is 4.74 Å². The van der Waals surface area contributed by atoms with Crippen molar-refractivity contribution in [3.63, 3.8) is 0 Å². The zero-order valence-corrected chi connectivity index (χ0v) is 14.5. The molecule has 3 N–H and O–H groups in total. The summed E-state index contributed by atoms with van der Waals surface area (Å²) < 4.78 is 6.22. The van der Waals surface area contributed by atoms with Crippen LogP contribution in [0, 0.1) is 5.92 Å². The highest BCUT2D eigenvalue weighted by Gasteiger charge is 2.42. The minimum atomic E-state index is 0.176. The number of thioether (sulfide) groups is 3. The monoisotopic (exact) mass is 334 g/mol. The molecule has 3 saturated heterocycles. The summed E-state index contributed by atoms with van der Waals surface area (Å²) >= 11 is 6.28. The average Bonchev–Trinajstić information content (AvgIpc) is 2.50. The Balaban J connectivity index is 1.64. The van der Waals surface area contributed by atoms with Crippen LogP contribution in [0.5, 0.6) is 0 Å². The lowest BCUT2D eigenvalue weighted by atomic mass is 9.78. The maximum absolute atomic E-state index is 6.22. The van der Waals surface area contributed by atoms with Gasteiger partial charge in [-0.25, -0.2) is 0 Å². The van der Waals surface area contributed by atoms with Gasteiger partial charge in [0.1, 0.15) is 0 Å². The van der Waals surface area contributed by atoms with Crippen molar-refractivity contribution in [2.75, 3.05) is 35.4 Å². The van der Waals surface area contributed by atoms with Gasteiger partial charge in [-0.2, -0.15) is 35.3 Å². The van der Waals surface area contributed by atoms with E-state index in [1.807, 2.05) is 0 Å². The molecular weight excluding hydrogens is 308 g/mol. The Hall–Kier alpha value is 0.930. The normalized spacial score (nSPS) is 35.9. The van der Waals surface area contributed by atoms with Gasteiger partial charge in [0.15, 0.2) is 0 Å². The minimum Gasteiger partial charge on any atom is -0.375 e. The van der Waals surface area contributed by atoms with E-state index in [4.69, 9.17) is 10.6 Å². The molecule has 3 aliphatic heterocycles. The van der Waals surface area contributed by atoms with E-state index in [1.54, 1.807) is 0 Å². The summed E-state index contributed by atoms with van der Waals surface area (Å²) in [4.78, 5) is 0. The summed E-state index contributed by atoms with van der Waals surface area (Å²) in [5.41, 5.74) is 3.34. The third-order valence-electron chi connectivity index (χ3n) is 4.88. The molecule has 3 fully saturated rings. The van der Waals surface area contributed by atoms with Gasteiger partial charge in [0.25, 0.3) is 0 Å². The van der Waals surface area contributed by atoms with Crippen LogP contribution in [0.1, 0.15) is 25.7 Å². The summed E-state index contributed by atoms with van der Waals surface area (Å²) in [5, 5.41) is 0.678. The fourth-order valence-electron chi connectivity index (χ4n) is 3.72. The van der Waals surface area contributed by atoms with Crippen LogP contribution in [0.2, 0.25) is 0 Å². The van der Waals surface area contributed by atoms with E-state index < -0.39 is 0 Å². The molecule has 1 spiro atoms. The summed E-state index contributed by atoms with van der Waals surface area (Å²) in [6, 6.07) is 0.461. The van der Waals surface area contributed by atoms with Gasteiger partial charge in [-0.05, 0) is 43.1 Å². The largest absolute Gasteiger partial charge is 0.375 e. The Morgan fingerprint density at radius 3 is 2.70 bits per heavy atom. The topological polar surface area (TPSA) is 47.3 Å². The zero-order chi connectivity index (χ0) is 13.8. The number of nitrogens with two attached hydrogens (primary N) is 1. The molecule has 0 aliphatic carbocycles. The standard InChI is InChI=1S/C14H26N2OS3/c15-16-13(12-10-19-7-8-20-12)11-1-4-17-14(9-11)2-5-18-6-3-14/h11-13,16H,1-10,15H2. The Morgan fingerprint density at radius 2 is 2.00 bits per heavy atom. The number of hydrogen-bond acceptors (Lipinski definition) is 6. The van der Waals surface area contributed by atoms with Gasteiger partial charge in [-0.15, -0.1) is 0 Å². The van der Waals surface area contributed by atoms with Crippen LogP contribution in [-0.2, 0) is 4.74 Å². The van der Waals surface area contributed by atoms with Crippen LogP contribution in [0.25, 0.3) is 0 Å². The third kappa shape index (κ3) is 3.63. The van der Waals surface area contributed by atoms with Crippen molar-refractivity contribution in [1.82, 2.24) is 5.43 Å². The van der Waals surface area contributed by atoms with Crippen molar-refractivity contribution in [3.8, 4) is 0 Å². The highest BCUT2D eigenvalue weighted by atomic mass is 32.2. The van der Waals surface area contributed by atoms with Crippen molar-refractivity contribution in [2.45, 2.75) is 42.6 Å². The van der Waals surface area contributed by atoms with Gasteiger partial charge >= 0.3 is 0 Å². The predicted molar refractivity (Wildman–Crippen MR) is 92.6 cm³/mol. The Labute approximate surface area is 135 Å². The Kier molecular flexibility index (Phi) is 5.90. The van der Waals surface area contributed by atoms with E-state index in [2.05, 4.69) is 40.7 Å². The number of nitrogens with one attached hydrogen (secondary N) is 1. The molecule has 0 bridgehead atoms. The van der Waals surface area contributed by atoms with E-state index in [1.165, 1.54) is 54.4 Å². The van der Waals surface area contributed by atoms with Gasteiger partial charge in [0.05, 0.1) is 5.60 Å².